The van der Waals surface area contributed by atoms with Crippen LogP contribution >= 0.6 is 12.2 Å². The zero-order valence-corrected chi connectivity index (χ0v) is 12.6. The van der Waals surface area contributed by atoms with Crippen LogP contribution in [0, 0.1) is 11.7 Å². The molecule has 0 aliphatic heterocycles. The van der Waals surface area contributed by atoms with Gasteiger partial charge in [-0.3, -0.25) is 4.40 Å². The van der Waals surface area contributed by atoms with Gasteiger partial charge >= 0.3 is 0 Å². The van der Waals surface area contributed by atoms with Crippen molar-refractivity contribution in [2.45, 2.75) is 6.92 Å². The molecule has 4 rings (SSSR count). The minimum atomic E-state index is 0.402. The fourth-order valence-corrected chi connectivity index (χ4v) is 2.87. The van der Waals surface area contributed by atoms with Crippen LogP contribution < -0.4 is 5.73 Å². The largest absolute Gasteiger partial charge is 0.369 e. The molecule has 0 fully saturated rings. The average Bonchev–Trinajstić information content (AvgIpc) is 2.82. The highest BCUT2D eigenvalue weighted by atomic mass is 32.1. The standard InChI is InChI=1S/C15H12N6S/c1-8-2-3-9-12(10-4-6-18-15(22)20-10)11-5-7-17-14(16)21(11)13(9)19-8/h2-7H,1H3,(H2,16,17)(H,18,20,22). The Morgan fingerprint density at radius 2 is 1.95 bits per heavy atom. The molecule has 22 heavy (non-hydrogen) atoms. The van der Waals surface area contributed by atoms with Gasteiger partial charge in [0.15, 0.2) is 4.77 Å². The first kappa shape index (κ1) is 12.9. The van der Waals surface area contributed by atoms with Gasteiger partial charge in [-0.25, -0.2) is 15.0 Å². The van der Waals surface area contributed by atoms with Crippen LogP contribution in [-0.2, 0) is 0 Å². The second-order valence-corrected chi connectivity index (χ2v) is 5.40. The zero-order valence-electron chi connectivity index (χ0n) is 11.7. The van der Waals surface area contributed by atoms with Crippen molar-refractivity contribution in [1.29, 1.82) is 0 Å². The van der Waals surface area contributed by atoms with Crippen LogP contribution in [0.15, 0.2) is 36.7 Å². The van der Waals surface area contributed by atoms with E-state index in [0.717, 1.165) is 33.5 Å². The SMILES string of the molecule is Cc1ccc2c(-c3ccnc(=S)[nH]3)c3ccnc(N)n3c2n1. The number of nitrogens with zero attached hydrogens (tertiary/aromatic N) is 4. The Kier molecular flexibility index (Phi) is 2.70. The molecule has 0 saturated carbocycles. The van der Waals surface area contributed by atoms with Crippen LogP contribution in [0.25, 0.3) is 27.8 Å². The van der Waals surface area contributed by atoms with Crippen LogP contribution in [0.4, 0.5) is 5.95 Å². The van der Waals surface area contributed by atoms with Gasteiger partial charge in [0.25, 0.3) is 0 Å². The predicted molar refractivity (Wildman–Crippen MR) is 88.1 cm³/mol. The summed E-state index contributed by atoms with van der Waals surface area (Å²) in [6.07, 6.45) is 3.38. The number of nitrogens with two attached hydrogens (primary N) is 1. The Morgan fingerprint density at radius 3 is 2.77 bits per heavy atom. The number of hydrogen-bond acceptors (Lipinski definition) is 5. The first-order valence-corrected chi connectivity index (χ1v) is 7.14. The summed E-state index contributed by atoms with van der Waals surface area (Å²) in [4.78, 5) is 16.0. The van der Waals surface area contributed by atoms with Crippen molar-refractivity contribution >= 4 is 34.7 Å². The molecule has 4 aromatic heterocycles. The summed E-state index contributed by atoms with van der Waals surface area (Å²) in [5.74, 6) is 0.402. The van der Waals surface area contributed by atoms with E-state index in [4.69, 9.17) is 18.0 Å². The number of H-pyrrole nitrogens is 1. The number of anilines is 1. The van der Waals surface area contributed by atoms with Crippen molar-refractivity contribution in [3.63, 3.8) is 0 Å². The predicted octanol–water partition coefficient (Wildman–Crippen LogP) is 2.89. The Morgan fingerprint density at radius 1 is 1.14 bits per heavy atom. The van der Waals surface area contributed by atoms with E-state index < -0.39 is 0 Å². The van der Waals surface area contributed by atoms with E-state index in [1.54, 1.807) is 12.4 Å². The van der Waals surface area contributed by atoms with Gasteiger partial charge in [-0.15, -0.1) is 0 Å². The third kappa shape index (κ3) is 1.79. The maximum Gasteiger partial charge on any atom is 0.206 e. The lowest BCUT2D eigenvalue weighted by Gasteiger charge is -2.02. The molecule has 7 heteroatoms. The van der Waals surface area contributed by atoms with E-state index in [0.29, 0.717) is 10.7 Å². The van der Waals surface area contributed by atoms with Crippen molar-refractivity contribution in [1.82, 2.24) is 24.3 Å². The van der Waals surface area contributed by atoms with Gasteiger partial charge < -0.3 is 10.7 Å². The highest BCUT2D eigenvalue weighted by molar-refractivity contribution is 7.71. The van der Waals surface area contributed by atoms with Gasteiger partial charge in [0, 0.05) is 29.0 Å². The van der Waals surface area contributed by atoms with Gasteiger partial charge in [-0.2, -0.15) is 0 Å². The summed E-state index contributed by atoms with van der Waals surface area (Å²) >= 11 is 5.14. The average molecular weight is 308 g/mol. The van der Waals surface area contributed by atoms with E-state index in [1.165, 1.54) is 0 Å². The fraction of sp³-hybridized carbons (Fsp3) is 0.0667. The van der Waals surface area contributed by atoms with Crippen LogP contribution in [-0.4, -0.2) is 24.3 Å². The van der Waals surface area contributed by atoms with Gasteiger partial charge in [0.05, 0.1) is 11.2 Å². The summed E-state index contributed by atoms with van der Waals surface area (Å²) in [5.41, 5.74) is 10.6. The van der Waals surface area contributed by atoms with Crippen molar-refractivity contribution in [2.75, 3.05) is 5.73 Å². The first-order valence-electron chi connectivity index (χ1n) is 6.73. The van der Waals surface area contributed by atoms with Gasteiger partial charge in [-0.1, -0.05) is 0 Å². The number of nitrogen functional groups attached to an aromatic ring is 1. The molecular formula is C15H12N6S. The second-order valence-electron chi connectivity index (χ2n) is 5.01. The number of rotatable bonds is 1. The van der Waals surface area contributed by atoms with Gasteiger partial charge in [0.1, 0.15) is 5.65 Å². The van der Waals surface area contributed by atoms with Crippen molar-refractivity contribution in [3.05, 3.63) is 47.1 Å². The molecule has 0 radical (unpaired) electrons. The van der Waals surface area contributed by atoms with E-state index in [-0.39, 0.29) is 0 Å². The Bertz CT molecular complexity index is 1080. The number of aryl methyl sites for hydroxylation is 1. The number of pyridine rings is 1. The molecule has 0 amide bonds. The molecular weight excluding hydrogens is 296 g/mol. The van der Waals surface area contributed by atoms with Crippen LogP contribution in [0.5, 0.6) is 0 Å². The topological polar surface area (TPSA) is 84.9 Å². The number of aromatic nitrogens is 5. The van der Waals surface area contributed by atoms with Crippen molar-refractivity contribution in [2.24, 2.45) is 0 Å². The van der Waals surface area contributed by atoms with Crippen LogP contribution in [0.2, 0.25) is 0 Å². The molecule has 0 unspecified atom stereocenters. The number of fused-ring (bicyclic) bond motifs is 3. The van der Waals surface area contributed by atoms with Gasteiger partial charge in [-0.05, 0) is 43.4 Å². The minimum Gasteiger partial charge on any atom is -0.369 e. The molecule has 108 valence electrons. The fourth-order valence-electron chi connectivity index (χ4n) is 2.70. The Hall–Kier alpha value is -2.80. The number of hydrogen-bond donors (Lipinski definition) is 2. The molecule has 0 aliphatic rings. The zero-order chi connectivity index (χ0) is 15.3. The van der Waals surface area contributed by atoms with Crippen LogP contribution in [0.1, 0.15) is 5.69 Å². The van der Waals surface area contributed by atoms with E-state index in [9.17, 15) is 0 Å². The Labute approximate surface area is 130 Å². The maximum atomic E-state index is 6.06. The van der Waals surface area contributed by atoms with Crippen molar-refractivity contribution < 1.29 is 0 Å². The highest BCUT2D eigenvalue weighted by Gasteiger charge is 2.16. The molecule has 0 aliphatic carbocycles. The first-order chi connectivity index (χ1) is 10.6. The normalized spacial score (nSPS) is 11.3. The number of nitrogens with one attached hydrogen (secondary N) is 1. The van der Waals surface area contributed by atoms with Crippen molar-refractivity contribution in [3.8, 4) is 11.3 Å². The van der Waals surface area contributed by atoms with E-state index in [2.05, 4.69) is 19.9 Å². The lowest BCUT2D eigenvalue weighted by molar-refractivity contribution is 1.10. The molecule has 3 N–H and O–H groups in total. The molecule has 0 spiro atoms. The van der Waals surface area contributed by atoms with Gasteiger partial charge in [0.2, 0.25) is 5.95 Å². The third-order valence-corrected chi connectivity index (χ3v) is 3.81. The molecule has 6 nitrogen and oxygen atoms in total. The highest BCUT2D eigenvalue weighted by Crippen LogP contribution is 2.34. The lowest BCUT2D eigenvalue weighted by atomic mass is 10.1. The Balaban J connectivity index is 2.26. The minimum absolute atomic E-state index is 0.402. The molecule has 0 aromatic carbocycles. The van der Waals surface area contributed by atoms with E-state index in [1.807, 2.05) is 35.6 Å². The molecule has 4 aromatic rings. The summed E-state index contributed by atoms with van der Waals surface area (Å²) in [6.45, 7) is 1.95. The molecule has 0 saturated heterocycles. The maximum absolute atomic E-state index is 6.06. The third-order valence-electron chi connectivity index (χ3n) is 3.60. The summed E-state index contributed by atoms with van der Waals surface area (Å²) in [6, 6.07) is 7.82. The number of aromatic amines is 1. The smallest absolute Gasteiger partial charge is 0.206 e. The molecule has 0 atom stereocenters. The lowest BCUT2D eigenvalue weighted by Crippen LogP contribution is -2.00. The van der Waals surface area contributed by atoms with E-state index >= 15 is 0 Å². The summed E-state index contributed by atoms with van der Waals surface area (Å²) < 4.78 is 2.29. The molecule has 4 heterocycles. The monoisotopic (exact) mass is 308 g/mol. The summed E-state index contributed by atoms with van der Waals surface area (Å²) in [7, 11) is 0. The quantitative estimate of drug-likeness (QED) is 0.528. The van der Waals surface area contributed by atoms with Crippen LogP contribution in [0.3, 0.4) is 0 Å². The summed E-state index contributed by atoms with van der Waals surface area (Å²) in [5, 5.41) is 0.988. The molecule has 0 bridgehead atoms. The second kappa shape index (κ2) is 4.60.